The summed E-state index contributed by atoms with van der Waals surface area (Å²) in [6, 6.07) is 4.70. The smallest absolute Gasteiger partial charge is 0.186 e. The molecule has 0 aromatic heterocycles. The second-order valence-electron chi connectivity index (χ2n) is 4.27. The van der Waals surface area contributed by atoms with E-state index in [0.717, 1.165) is 19.4 Å². The third kappa shape index (κ3) is 5.13. The minimum Gasteiger partial charge on any atom is -0.494 e. The van der Waals surface area contributed by atoms with E-state index in [-0.39, 0.29) is 5.75 Å². The van der Waals surface area contributed by atoms with Gasteiger partial charge in [-0.2, -0.15) is 5.10 Å². The summed E-state index contributed by atoms with van der Waals surface area (Å²) in [5.41, 5.74) is 4.06. The van der Waals surface area contributed by atoms with Crippen LogP contribution in [0.1, 0.15) is 32.3 Å². The van der Waals surface area contributed by atoms with Crippen LogP contribution in [0.25, 0.3) is 0 Å². The van der Waals surface area contributed by atoms with Gasteiger partial charge < -0.3 is 10.1 Å². The summed E-state index contributed by atoms with van der Waals surface area (Å²) >= 11 is 5.08. The highest BCUT2D eigenvalue weighted by Gasteiger charge is 2.05. The van der Waals surface area contributed by atoms with Crippen LogP contribution in [0.4, 0.5) is 4.39 Å². The van der Waals surface area contributed by atoms with Gasteiger partial charge in [-0.3, -0.25) is 5.43 Å². The zero-order chi connectivity index (χ0) is 15.0. The molecule has 0 fully saturated rings. The van der Waals surface area contributed by atoms with Crippen molar-refractivity contribution in [2.24, 2.45) is 5.10 Å². The van der Waals surface area contributed by atoms with Gasteiger partial charge >= 0.3 is 0 Å². The molecule has 0 atom stereocenters. The first-order valence-electron chi connectivity index (χ1n) is 6.50. The van der Waals surface area contributed by atoms with E-state index in [0.29, 0.717) is 16.4 Å². The van der Waals surface area contributed by atoms with E-state index >= 15 is 0 Å². The molecular formula is C14H20FN3OS. The lowest BCUT2D eigenvalue weighted by Gasteiger charge is -2.08. The number of nitrogens with zero attached hydrogens (tertiary/aromatic N) is 1. The van der Waals surface area contributed by atoms with E-state index < -0.39 is 5.82 Å². The molecule has 0 spiro atoms. The molecular weight excluding hydrogens is 277 g/mol. The van der Waals surface area contributed by atoms with Crippen LogP contribution in [-0.2, 0) is 0 Å². The number of halogens is 1. The number of benzene rings is 1. The Hall–Kier alpha value is -1.69. The Morgan fingerprint density at radius 3 is 2.80 bits per heavy atom. The maximum atomic E-state index is 13.6. The van der Waals surface area contributed by atoms with Gasteiger partial charge in [0.2, 0.25) is 0 Å². The van der Waals surface area contributed by atoms with Crippen LogP contribution in [0.2, 0.25) is 0 Å². The van der Waals surface area contributed by atoms with Crippen LogP contribution < -0.4 is 15.5 Å². The van der Waals surface area contributed by atoms with Crippen molar-refractivity contribution >= 4 is 23.0 Å². The van der Waals surface area contributed by atoms with Gasteiger partial charge in [0.25, 0.3) is 0 Å². The highest BCUT2D eigenvalue weighted by Crippen LogP contribution is 2.17. The molecule has 2 N–H and O–H groups in total. The van der Waals surface area contributed by atoms with E-state index in [4.69, 9.17) is 17.0 Å². The Morgan fingerprint density at radius 2 is 2.20 bits per heavy atom. The average molecular weight is 297 g/mol. The Morgan fingerprint density at radius 1 is 1.45 bits per heavy atom. The lowest BCUT2D eigenvalue weighted by atomic mass is 10.1. The molecule has 1 aromatic carbocycles. The molecule has 0 aliphatic carbocycles. The quantitative estimate of drug-likeness (QED) is 0.367. The topological polar surface area (TPSA) is 45.7 Å². The van der Waals surface area contributed by atoms with Crippen LogP contribution in [0.5, 0.6) is 5.75 Å². The van der Waals surface area contributed by atoms with Crippen molar-refractivity contribution in [1.29, 1.82) is 0 Å². The number of unbranched alkanes of at least 4 members (excludes halogenated alkanes) is 1. The minimum atomic E-state index is -0.414. The van der Waals surface area contributed by atoms with E-state index in [9.17, 15) is 4.39 Å². The van der Waals surface area contributed by atoms with Crippen molar-refractivity contribution in [2.75, 3.05) is 13.7 Å². The molecule has 0 aliphatic heterocycles. The molecule has 4 nitrogen and oxygen atoms in total. The van der Waals surface area contributed by atoms with E-state index in [1.165, 1.54) is 13.2 Å². The zero-order valence-electron chi connectivity index (χ0n) is 12.0. The minimum absolute atomic E-state index is 0.214. The molecule has 0 heterocycles. The first kappa shape index (κ1) is 16.4. The SMILES string of the molecule is CCCCNC(=S)N/N=C(/C)c1ccc(OC)c(F)c1. The second-order valence-corrected chi connectivity index (χ2v) is 4.68. The molecule has 20 heavy (non-hydrogen) atoms. The van der Waals surface area contributed by atoms with Crippen molar-refractivity contribution in [3.8, 4) is 5.75 Å². The van der Waals surface area contributed by atoms with Crippen molar-refractivity contribution in [3.63, 3.8) is 0 Å². The van der Waals surface area contributed by atoms with Crippen LogP contribution in [0.3, 0.4) is 0 Å². The van der Waals surface area contributed by atoms with Gasteiger partial charge in [-0.1, -0.05) is 13.3 Å². The van der Waals surface area contributed by atoms with Gasteiger partial charge in [-0.25, -0.2) is 4.39 Å². The van der Waals surface area contributed by atoms with Gasteiger partial charge in [0.1, 0.15) is 0 Å². The van der Waals surface area contributed by atoms with Crippen LogP contribution in [0, 0.1) is 5.82 Å². The summed E-state index contributed by atoms with van der Waals surface area (Å²) in [5.74, 6) is -0.200. The number of hydrogen-bond donors (Lipinski definition) is 2. The number of hydrazone groups is 1. The lowest BCUT2D eigenvalue weighted by Crippen LogP contribution is -2.33. The van der Waals surface area contributed by atoms with Crippen molar-refractivity contribution < 1.29 is 9.13 Å². The van der Waals surface area contributed by atoms with Crippen molar-refractivity contribution in [2.45, 2.75) is 26.7 Å². The Labute approximate surface area is 124 Å². The van der Waals surface area contributed by atoms with Gasteiger partial charge in [0.05, 0.1) is 12.8 Å². The maximum Gasteiger partial charge on any atom is 0.186 e. The third-order valence-corrected chi connectivity index (χ3v) is 2.95. The molecule has 6 heteroatoms. The summed E-state index contributed by atoms with van der Waals surface area (Å²) < 4.78 is 18.4. The van der Waals surface area contributed by atoms with E-state index in [2.05, 4.69) is 22.8 Å². The predicted octanol–water partition coefficient (Wildman–Crippen LogP) is 2.82. The van der Waals surface area contributed by atoms with Crippen molar-refractivity contribution in [3.05, 3.63) is 29.6 Å². The molecule has 0 unspecified atom stereocenters. The lowest BCUT2D eigenvalue weighted by molar-refractivity contribution is 0.386. The fourth-order valence-corrected chi connectivity index (χ4v) is 1.66. The van der Waals surface area contributed by atoms with Gasteiger partial charge in [-0.15, -0.1) is 0 Å². The molecule has 1 rings (SSSR count). The summed E-state index contributed by atoms with van der Waals surface area (Å²) in [6.45, 7) is 4.70. The molecule has 0 saturated heterocycles. The monoisotopic (exact) mass is 297 g/mol. The fourth-order valence-electron chi connectivity index (χ4n) is 1.51. The van der Waals surface area contributed by atoms with Crippen LogP contribution in [0.15, 0.2) is 23.3 Å². The largest absolute Gasteiger partial charge is 0.494 e. The first-order valence-corrected chi connectivity index (χ1v) is 6.91. The fraction of sp³-hybridized carbons (Fsp3) is 0.429. The van der Waals surface area contributed by atoms with Gasteiger partial charge in [-0.05, 0) is 43.8 Å². The van der Waals surface area contributed by atoms with Crippen LogP contribution in [-0.4, -0.2) is 24.5 Å². The number of hydrogen-bond acceptors (Lipinski definition) is 3. The first-order chi connectivity index (χ1) is 9.58. The maximum absolute atomic E-state index is 13.6. The zero-order valence-corrected chi connectivity index (χ0v) is 12.8. The van der Waals surface area contributed by atoms with Crippen molar-refractivity contribution in [1.82, 2.24) is 10.7 Å². The normalized spacial score (nSPS) is 11.1. The molecule has 0 aliphatic rings. The highest BCUT2D eigenvalue weighted by atomic mass is 32.1. The molecule has 110 valence electrons. The number of rotatable bonds is 6. The molecule has 0 bridgehead atoms. The average Bonchev–Trinajstić information content (AvgIpc) is 2.45. The summed E-state index contributed by atoms with van der Waals surface area (Å²) in [6.07, 6.45) is 2.15. The van der Waals surface area contributed by atoms with Crippen LogP contribution >= 0.6 is 12.2 Å². The number of ether oxygens (including phenoxy) is 1. The van der Waals surface area contributed by atoms with E-state index in [1.54, 1.807) is 19.1 Å². The molecule has 0 saturated carbocycles. The Kier molecular flexibility index (Phi) is 6.93. The standard InChI is InChI=1S/C14H20FN3OS/c1-4-5-8-16-14(20)18-17-10(2)11-6-7-13(19-3)12(15)9-11/h6-7,9H,4-5,8H2,1-3H3,(H2,16,18,20)/b17-10-. The Balaban J connectivity index is 2.60. The molecule has 0 amide bonds. The number of methoxy groups -OCH3 is 1. The highest BCUT2D eigenvalue weighted by molar-refractivity contribution is 7.80. The summed E-state index contributed by atoms with van der Waals surface area (Å²) in [7, 11) is 1.43. The summed E-state index contributed by atoms with van der Waals surface area (Å²) in [5, 5.41) is 7.63. The molecule has 0 radical (unpaired) electrons. The molecule has 1 aromatic rings. The van der Waals surface area contributed by atoms with Gasteiger partial charge in [0.15, 0.2) is 16.7 Å². The predicted molar refractivity (Wildman–Crippen MR) is 83.8 cm³/mol. The second kappa shape index (κ2) is 8.47. The van der Waals surface area contributed by atoms with E-state index in [1.807, 2.05) is 0 Å². The number of thiocarbonyl (C=S) groups is 1. The third-order valence-electron chi connectivity index (χ3n) is 2.71. The summed E-state index contributed by atoms with van der Waals surface area (Å²) in [4.78, 5) is 0. The van der Waals surface area contributed by atoms with Gasteiger partial charge in [0, 0.05) is 12.1 Å². The number of nitrogens with one attached hydrogen (secondary N) is 2. The Bertz CT molecular complexity index is 491.